The van der Waals surface area contributed by atoms with Gasteiger partial charge in [-0.2, -0.15) is 0 Å². The highest BCUT2D eigenvalue weighted by Crippen LogP contribution is 2.32. The Morgan fingerprint density at radius 3 is 2.48 bits per heavy atom. The van der Waals surface area contributed by atoms with Crippen LogP contribution in [0.5, 0.6) is 5.75 Å². The van der Waals surface area contributed by atoms with Crippen LogP contribution in [0.3, 0.4) is 0 Å². The Labute approximate surface area is 168 Å². The van der Waals surface area contributed by atoms with Crippen molar-refractivity contribution in [3.05, 3.63) is 29.8 Å². The summed E-state index contributed by atoms with van der Waals surface area (Å²) < 4.78 is 12.2. The second-order valence-electron chi connectivity index (χ2n) is 9.02. The van der Waals surface area contributed by atoms with Crippen LogP contribution in [0.4, 0.5) is 0 Å². The summed E-state index contributed by atoms with van der Waals surface area (Å²) in [6, 6.07) is 10.5. The monoisotopic (exact) mass is 372 g/mol. The molecule has 2 atom stereocenters. The zero-order valence-corrected chi connectivity index (χ0v) is 18.2. The van der Waals surface area contributed by atoms with Crippen LogP contribution < -0.4 is 4.74 Å². The molecule has 1 aliphatic carbocycles. The summed E-state index contributed by atoms with van der Waals surface area (Å²) >= 11 is 0. The van der Waals surface area contributed by atoms with Gasteiger partial charge in [0.15, 0.2) is 12.0 Å². The first kappa shape index (κ1) is 22.1. The fourth-order valence-electron chi connectivity index (χ4n) is 4.22. The number of hydrogen-bond donors (Lipinski definition) is 0. The average molecular weight is 373 g/mol. The topological polar surface area (TPSA) is 18.5 Å². The van der Waals surface area contributed by atoms with E-state index >= 15 is 0 Å². The maximum absolute atomic E-state index is 6.12. The zero-order chi connectivity index (χ0) is 19.6. The van der Waals surface area contributed by atoms with Crippen LogP contribution in [-0.2, 0) is 4.74 Å². The Balaban J connectivity index is 1.89. The Kier molecular flexibility index (Phi) is 9.49. The van der Waals surface area contributed by atoms with Crippen molar-refractivity contribution in [2.24, 2.45) is 17.8 Å². The highest BCUT2D eigenvalue weighted by Gasteiger charge is 2.19. The van der Waals surface area contributed by atoms with Crippen LogP contribution >= 0.6 is 0 Å². The molecule has 0 N–H and O–H groups in total. The molecular formula is C25H40O2. The average Bonchev–Trinajstić information content (AvgIpc) is 2.66. The van der Waals surface area contributed by atoms with Gasteiger partial charge in [-0.25, -0.2) is 0 Å². The van der Waals surface area contributed by atoms with Gasteiger partial charge in [0.25, 0.3) is 0 Å². The molecule has 0 aromatic heterocycles. The molecule has 0 heterocycles. The van der Waals surface area contributed by atoms with Crippen molar-refractivity contribution in [2.75, 3.05) is 6.61 Å². The molecule has 0 aliphatic heterocycles. The zero-order valence-electron chi connectivity index (χ0n) is 18.2. The molecule has 1 aromatic carbocycles. The van der Waals surface area contributed by atoms with Gasteiger partial charge in [-0.3, -0.25) is 0 Å². The SMILES string of the molecule is CCC(OCCC1CCCCC1)Oc1c#ccc(C(CC(C)C)C(C)C)c1. The highest BCUT2D eigenvalue weighted by molar-refractivity contribution is 5.27. The van der Waals surface area contributed by atoms with E-state index in [1.807, 2.05) is 0 Å². The van der Waals surface area contributed by atoms with Gasteiger partial charge >= 0.3 is 0 Å². The van der Waals surface area contributed by atoms with Gasteiger partial charge in [0.05, 0.1) is 6.61 Å². The molecule has 2 rings (SSSR count). The molecule has 0 spiro atoms. The van der Waals surface area contributed by atoms with Gasteiger partial charge in [-0.05, 0) is 60.3 Å². The Bertz CT molecular complexity index is 517. The summed E-state index contributed by atoms with van der Waals surface area (Å²) in [6.45, 7) is 12.1. The summed E-state index contributed by atoms with van der Waals surface area (Å²) in [5.74, 6) is 3.43. The molecule has 0 radical (unpaired) electrons. The van der Waals surface area contributed by atoms with E-state index in [1.54, 1.807) is 0 Å². The molecule has 0 bridgehead atoms. The smallest absolute Gasteiger partial charge is 0.200 e. The predicted molar refractivity (Wildman–Crippen MR) is 113 cm³/mol. The second kappa shape index (κ2) is 11.6. The molecule has 2 nitrogen and oxygen atoms in total. The Morgan fingerprint density at radius 1 is 1.11 bits per heavy atom. The van der Waals surface area contributed by atoms with E-state index in [0.29, 0.717) is 17.8 Å². The van der Waals surface area contributed by atoms with Crippen molar-refractivity contribution in [3.63, 3.8) is 0 Å². The molecule has 1 fully saturated rings. The maximum Gasteiger partial charge on any atom is 0.200 e. The van der Waals surface area contributed by atoms with Gasteiger partial charge in [0.2, 0.25) is 0 Å². The van der Waals surface area contributed by atoms with Gasteiger partial charge in [-0.1, -0.05) is 72.8 Å². The first-order valence-electron chi connectivity index (χ1n) is 11.2. The second-order valence-corrected chi connectivity index (χ2v) is 9.02. The molecule has 1 aromatic rings. The number of hydrogen-bond acceptors (Lipinski definition) is 2. The fraction of sp³-hybridized carbons (Fsp3) is 0.760. The summed E-state index contributed by atoms with van der Waals surface area (Å²) in [6.07, 6.45) is 9.96. The minimum Gasteiger partial charge on any atom is -0.457 e. The van der Waals surface area contributed by atoms with Crippen LogP contribution in [0.15, 0.2) is 12.1 Å². The fourth-order valence-corrected chi connectivity index (χ4v) is 4.22. The van der Waals surface area contributed by atoms with E-state index in [9.17, 15) is 0 Å². The van der Waals surface area contributed by atoms with Crippen LogP contribution in [0.1, 0.15) is 97.5 Å². The van der Waals surface area contributed by atoms with Gasteiger partial charge in [-0.15, -0.1) is 0 Å². The first-order valence-corrected chi connectivity index (χ1v) is 11.2. The third-order valence-corrected chi connectivity index (χ3v) is 5.84. The molecule has 1 saturated carbocycles. The summed E-state index contributed by atoms with van der Waals surface area (Å²) in [4.78, 5) is 0. The minimum atomic E-state index is -0.184. The lowest BCUT2D eigenvalue weighted by Crippen LogP contribution is -2.21. The lowest BCUT2D eigenvalue weighted by atomic mass is 9.82. The van der Waals surface area contributed by atoms with Crippen molar-refractivity contribution in [1.82, 2.24) is 0 Å². The molecule has 27 heavy (non-hydrogen) atoms. The quantitative estimate of drug-likeness (QED) is 0.383. The molecule has 0 saturated heterocycles. The van der Waals surface area contributed by atoms with Crippen molar-refractivity contribution in [2.45, 2.75) is 98.2 Å². The van der Waals surface area contributed by atoms with Crippen LogP contribution in [0.2, 0.25) is 0 Å². The number of rotatable bonds is 11. The van der Waals surface area contributed by atoms with Gasteiger partial charge < -0.3 is 9.47 Å². The lowest BCUT2D eigenvalue weighted by Gasteiger charge is -2.24. The lowest BCUT2D eigenvalue weighted by molar-refractivity contribution is -0.0856. The minimum absolute atomic E-state index is 0.184. The van der Waals surface area contributed by atoms with Crippen LogP contribution in [0.25, 0.3) is 0 Å². The normalized spacial score (nSPS) is 17.7. The van der Waals surface area contributed by atoms with E-state index in [2.05, 4.69) is 58.9 Å². The van der Waals surface area contributed by atoms with E-state index in [-0.39, 0.29) is 6.29 Å². The van der Waals surface area contributed by atoms with Crippen LogP contribution in [-0.4, -0.2) is 12.9 Å². The predicted octanol–water partition coefficient (Wildman–Crippen LogP) is 7.17. The molecule has 2 unspecified atom stereocenters. The third-order valence-electron chi connectivity index (χ3n) is 5.84. The standard InChI is InChI=1S/C25H40O2/c1-6-25(26-16-15-21-11-8-7-9-12-21)27-23-14-10-13-22(18-23)24(20(4)5)17-19(2)3/h13,18-21,24-25H,6-9,11-12,15-17H2,1-5H3. The Hall–Kier alpha value is -1.20. The van der Waals surface area contributed by atoms with E-state index in [1.165, 1.54) is 50.5 Å². The first-order chi connectivity index (χ1) is 13.0. The van der Waals surface area contributed by atoms with Crippen molar-refractivity contribution < 1.29 is 9.47 Å². The maximum atomic E-state index is 6.12. The number of ether oxygens (including phenoxy) is 2. The van der Waals surface area contributed by atoms with Crippen molar-refractivity contribution in [1.29, 1.82) is 0 Å². The molecule has 2 heteroatoms. The summed E-state index contributed by atoms with van der Waals surface area (Å²) in [5.41, 5.74) is 1.31. The summed E-state index contributed by atoms with van der Waals surface area (Å²) in [7, 11) is 0. The highest BCUT2D eigenvalue weighted by atomic mass is 16.7. The molecule has 152 valence electrons. The van der Waals surface area contributed by atoms with E-state index in [0.717, 1.165) is 24.7 Å². The Morgan fingerprint density at radius 2 is 1.85 bits per heavy atom. The van der Waals surface area contributed by atoms with E-state index < -0.39 is 0 Å². The van der Waals surface area contributed by atoms with E-state index in [4.69, 9.17) is 9.47 Å². The van der Waals surface area contributed by atoms with Crippen LogP contribution in [0, 0.1) is 29.9 Å². The molecular weight excluding hydrogens is 332 g/mol. The summed E-state index contributed by atoms with van der Waals surface area (Å²) in [5, 5.41) is 0. The van der Waals surface area contributed by atoms with Gasteiger partial charge in [0, 0.05) is 6.42 Å². The molecule has 0 amide bonds. The molecule has 1 aliphatic rings. The largest absolute Gasteiger partial charge is 0.457 e. The van der Waals surface area contributed by atoms with Crippen molar-refractivity contribution in [3.8, 4) is 5.75 Å². The van der Waals surface area contributed by atoms with Gasteiger partial charge in [0.1, 0.15) is 0 Å². The third kappa shape index (κ3) is 7.74. The van der Waals surface area contributed by atoms with Crippen molar-refractivity contribution >= 4 is 0 Å².